The normalized spacial score (nSPS) is 18.9. The Kier molecular flexibility index (Phi) is 3.81. The molecule has 1 aromatic carbocycles. The van der Waals surface area contributed by atoms with Crippen LogP contribution in [0.4, 0.5) is 0 Å². The van der Waals surface area contributed by atoms with Crippen LogP contribution in [0.25, 0.3) is 0 Å². The van der Waals surface area contributed by atoms with E-state index in [0.717, 1.165) is 11.1 Å². The first-order chi connectivity index (χ1) is 9.60. The third kappa shape index (κ3) is 2.26. The van der Waals surface area contributed by atoms with Crippen molar-refractivity contribution < 1.29 is 4.79 Å². The molecule has 0 fully saturated rings. The largest absolute Gasteiger partial charge is 0.272 e. The van der Waals surface area contributed by atoms with E-state index in [0.29, 0.717) is 5.71 Å². The Balaban J connectivity index is 2.55. The average molecular weight is 266 g/mol. The molecule has 0 aliphatic carbocycles. The molecule has 0 spiro atoms. The van der Waals surface area contributed by atoms with Crippen LogP contribution in [-0.2, 0) is 4.79 Å². The molecule has 1 aliphatic heterocycles. The van der Waals surface area contributed by atoms with Crippen molar-refractivity contribution in [1.29, 1.82) is 10.5 Å². The minimum atomic E-state index is -0.893. The number of nitrogens with one attached hydrogen (secondary N) is 1. The number of rotatable bonds is 3. The fraction of sp³-hybridized carbons (Fsp3) is 0.333. The molecular weight excluding hydrogens is 252 g/mol. The summed E-state index contributed by atoms with van der Waals surface area (Å²) in [5.74, 6) is -2.22. The van der Waals surface area contributed by atoms with Crippen LogP contribution in [-0.4, -0.2) is 11.6 Å². The summed E-state index contributed by atoms with van der Waals surface area (Å²) in [6.07, 6.45) is 0. The van der Waals surface area contributed by atoms with Crippen molar-refractivity contribution >= 4 is 11.6 Å². The number of benzene rings is 1. The van der Waals surface area contributed by atoms with Crippen LogP contribution in [0.5, 0.6) is 0 Å². The van der Waals surface area contributed by atoms with E-state index >= 15 is 0 Å². The van der Waals surface area contributed by atoms with Gasteiger partial charge in [-0.25, -0.2) is 5.43 Å². The van der Waals surface area contributed by atoms with Crippen LogP contribution in [0.15, 0.2) is 29.4 Å². The van der Waals surface area contributed by atoms with Crippen molar-refractivity contribution in [2.75, 3.05) is 0 Å². The van der Waals surface area contributed by atoms with Crippen molar-refractivity contribution in [1.82, 2.24) is 5.43 Å². The summed E-state index contributed by atoms with van der Waals surface area (Å²) < 4.78 is 0. The summed E-state index contributed by atoms with van der Waals surface area (Å²) in [5, 5.41) is 22.4. The Bertz CT molecular complexity index is 637. The lowest BCUT2D eigenvalue weighted by atomic mass is 9.74. The number of aryl methyl sites for hydroxylation is 1. The second-order valence-electron chi connectivity index (χ2n) is 4.83. The molecule has 1 aliphatic rings. The van der Waals surface area contributed by atoms with E-state index in [9.17, 15) is 15.3 Å². The van der Waals surface area contributed by atoms with E-state index in [1.165, 1.54) is 0 Å². The first-order valence-electron chi connectivity index (χ1n) is 6.29. The van der Waals surface area contributed by atoms with E-state index in [1.54, 1.807) is 6.92 Å². The van der Waals surface area contributed by atoms with Gasteiger partial charge in [0.15, 0.2) is 0 Å². The standard InChI is InChI=1S/C15H14N4O/c1-9-5-3-4-6-12(9)14(11(7-16)8-17)13-10(2)18-19-15(13)20/h3-6,11,13-14H,1-2H3,(H,19,20)/t13-,14-/m0/s1. The number of hydrazone groups is 1. The number of carbonyl (C=O) groups is 1. The molecule has 0 saturated heterocycles. The predicted octanol–water partition coefficient (Wildman–Crippen LogP) is 1.86. The fourth-order valence-corrected chi connectivity index (χ4v) is 2.60. The van der Waals surface area contributed by atoms with Crippen LogP contribution in [0.1, 0.15) is 24.0 Å². The molecule has 1 aromatic rings. The maximum atomic E-state index is 12.0. The molecule has 1 heterocycles. The van der Waals surface area contributed by atoms with Crippen molar-refractivity contribution in [3.8, 4) is 12.1 Å². The fourth-order valence-electron chi connectivity index (χ4n) is 2.60. The monoisotopic (exact) mass is 266 g/mol. The van der Waals surface area contributed by atoms with Gasteiger partial charge in [-0.05, 0) is 25.0 Å². The van der Waals surface area contributed by atoms with Crippen LogP contribution >= 0.6 is 0 Å². The highest BCUT2D eigenvalue weighted by Gasteiger charge is 2.41. The Morgan fingerprint density at radius 2 is 1.90 bits per heavy atom. The Hall–Kier alpha value is -2.66. The van der Waals surface area contributed by atoms with E-state index in [-0.39, 0.29) is 5.91 Å². The van der Waals surface area contributed by atoms with E-state index in [1.807, 2.05) is 43.3 Å². The zero-order chi connectivity index (χ0) is 14.7. The van der Waals surface area contributed by atoms with Crippen LogP contribution < -0.4 is 5.43 Å². The molecule has 0 aromatic heterocycles. The molecule has 100 valence electrons. The number of nitriles is 2. The van der Waals surface area contributed by atoms with Crippen molar-refractivity contribution in [3.05, 3.63) is 35.4 Å². The second-order valence-corrected chi connectivity index (χ2v) is 4.83. The smallest absolute Gasteiger partial charge is 0.249 e. The predicted molar refractivity (Wildman–Crippen MR) is 73.4 cm³/mol. The van der Waals surface area contributed by atoms with E-state index in [2.05, 4.69) is 10.5 Å². The molecule has 20 heavy (non-hydrogen) atoms. The third-order valence-electron chi connectivity index (χ3n) is 3.62. The van der Waals surface area contributed by atoms with Gasteiger partial charge < -0.3 is 0 Å². The molecule has 0 radical (unpaired) electrons. The third-order valence-corrected chi connectivity index (χ3v) is 3.62. The zero-order valence-electron chi connectivity index (χ0n) is 11.3. The average Bonchev–Trinajstić information content (AvgIpc) is 2.77. The van der Waals surface area contributed by atoms with Gasteiger partial charge in [-0.1, -0.05) is 24.3 Å². The Labute approximate surface area is 117 Å². The highest BCUT2D eigenvalue weighted by Crippen LogP contribution is 2.36. The van der Waals surface area contributed by atoms with E-state index in [4.69, 9.17) is 0 Å². The summed E-state index contributed by atoms with van der Waals surface area (Å²) in [5.41, 5.74) is 4.84. The molecule has 2 atom stereocenters. The summed E-state index contributed by atoms with van der Waals surface area (Å²) in [6.45, 7) is 3.65. The topological polar surface area (TPSA) is 89.0 Å². The number of amides is 1. The lowest BCUT2D eigenvalue weighted by Crippen LogP contribution is -2.32. The maximum absolute atomic E-state index is 12.0. The first kappa shape index (κ1) is 13.8. The van der Waals surface area contributed by atoms with Gasteiger partial charge in [0.05, 0.1) is 18.1 Å². The van der Waals surface area contributed by atoms with Gasteiger partial charge in [0.25, 0.3) is 0 Å². The molecule has 0 bridgehead atoms. The van der Waals surface area contributed by atoms with Gasteiger partial charge >= 0.3 is 0 Å². The molecule has 1 amide bonds. The lowest BCUT2D eigenvalue weighted by molar-refractivity contribution is -0.122. The maximum Gasteiger partial charge on any atom is 0.249 e. The zero-order valence-corrected chi connectivity index (χ0v) is 11.3. The quantitative estimate of drug-likeness (QED) is 0.905. The Morgan fingerprint density at radius 3 is 2.40 bits per heavy atom. The van der Waals surface area contributed by atoms with Gasteiger partial charge in [0, 0.05) is 11.6 Å². The molecule has 2 rings (SSSR count). The highest BCUT2D eigenvalue weighted by atomic mass is 16.2. The van der Waals surface area contributed by atoms with Gasteiger partial charge in [0.1, 0.15) is 5.92 Å². The first-order valence-corrected chi connectivity index (χ1v) is 6.29. The molecular formula is C15H14N4O. The minimum absolute atomic E-state index is 0.258. The van der Waals surface area contributed by atoms with E-state index < -0.39 is 17.8 Å². The number of nitrogens with zero attached hydrogens (tertiary/aromatic N) is 3. The molecule has 5 heteroatoms. The summed E-state index contributed by atoms with van der Waals surface area (Å²) >= 11 is 0. The molecule has 0 unspecified atom stereocenters. The SMILES string of the molecule is CC1=NNC(=O)[C@@H]1[C@H](c1ccccc1C)C(C#N)C#N. The number of hydrogen-bond acceptors (Lipinski definition) is 4. The van der Waals surface area contributed by atoms with Gasteiger partial charge in [-0.15, -0.1) is 0 Å². The summed E-state index contributed by atoms with van der Waals surface area (Å²) in [6, 6.07) is 11.5. The second kappa shape index (κ2) is 5.54. The van der Waals surface area contributed by atoms with Gasteiger partial charge in [0.2, 0.25) is 5.91 Å². The molecule has 0 saturated carbocycles. The van der Waals surface area contributed by atoms with Crippen LogP contribution in [0.2, 0.25) is 0 Å². The van der Waals surface area contributed by atoms with Crippen molar-refractivity contribution in [2.45, 2.75) is 19.8 Å². The summed E-state index contributed by atoms with van der Waals surface area (Å²) in [4.78, 5) is 12.0. The summed E-state index contributed by atoms with van der Waals surface area (Å²) in [7, 11) is 0. The highest BCUT2D eigenvalue weighted by molar-refractivity contribution is 6.07. The van der Waals surface area contributed by atoms with Crippen LogP contribution in [0.3, 0.4) is 0 Å². The minimum Gasteiger partial charge on any atom is -0.272 e. The van der Waals surface area contributed by atoms with Crippen molar-refractivity contribution in [2.24, 2.45) is 16.9 Å². The van der Waals surface area contributed by atoms with Crippen LogP contribution in [0, 0.1) is 41.4 Å². The lowest BCUT2D eigenvalue weighted by Gasteiger charge is -2.24. The van der Waals surface area contributed by atoms with Crippen molar-refractivity contribution in [3.63, 3.8) is 0 Å². The number of carbonyl (C=O) groups excluding carboxylic acids is 1. The van der Waals surface area contributed by atoms with Gasteiger partial charge in [-0.2, -0.15) is 15.6 Å². The Morgan fingerprint density at radius 1 is 1.25 bits per heavy atom. The molecule has 1 N–H and O–H groups in total. The molecule has 5 nitrogen and oxygen atoms in total. The number of hydrogen-bond donors (Lipinski definition) is 1. The van der Waals surface area contributed by atoms with Gasteiger partial charge in [-0.3, -0.25) is 4.79 Å².